The molecule has 0 bridgehead atoms. The first kappa shape index (κ1) is 20.6. The molecule has 28 heavy (non-hydrogen) atoms. The third-order valence-corrected chi connectivity index (χ3v) is 5.72. The molecule has 1 aliphatic rings. The van der Waals surface area contributed by atoms with Crippen LogP contribution in [0, 0.1) is 10.6 Å². The van der Waals surface area contributed by atoms with Gasteiger partial charge in [-0.05, 0) is 42.2 Å². The fourth-order valence-electron chi connectivity index (χ4n) is 3.59. The molecule has 3 unspecified atom stereocenters. The molecular weight excluding hydrogens is 386 g/mol. The summed E-state index contributed by atoms with van der Waals surface area (Å²) in [6.45, 7) is 0. The van der Waals surface area contributed by atoms with E-state index in [1.54, 1.807) is 24.4 Å². The molecule has 2 N–H and O–H groups in total. The van der Waals surface area contributed by atoms with Crippen LogP contribution in [0.2, 0.25) is 0 Å². The lowest BCUT2D eigenvalue weighted by molar-refractivity contribution is 0.0223. The van der Waals surface area contributed by atoms with Crippen molar-refractivity contribution in [1.82, 2.24) is 9.97 Å². The zero-order chi connectivity index (χ0) is 20.3. The van der Waals surface area contributed by atoms with Gasteiger partial charge in [-0.1, -0.05) is 0 Å². The van der Waals surface area contributed by atoms with Crippen LogP contribution in [0.25, 0.3) is 0 Å². The molecule has 152 valence electrons. The number of halogens is 2. The van der Waals surface area contributed by atoms with Gasteiger partial charge in [-0.15, -0.1) is 0 Å². The summed E-state index contributed by atoms with van der Waals surface area (Å²) in [5.41, 5.74) is 1.15. The van der Waals surface area contributed by atoms with Crippen molar-refractivity contribution in [2.45, 2.75) is 43.2 Å². The van der Waals surface area contributed by atoms with Gasteiger partial charge >= 0.3 is 0 Å². The fraction of sp³-hybridized carbons (Fsp3) is 0.474. The van der Waals surface area contributed by atoms with E-state index >= 15 is 0 Å². The molecular formula is C19H24F2N4O2S. The lowest BCUT2D eigenvalue weighted by atomic mass is 9.81. The number of aromatic nitrogens is 2. The van der Waals surface area contributed by atoms with E-state index in [4.69, 9.17) is 9.52 Å². The largest absolute Gasteiger partial charge is 0.381 e. The van der Waals surface area contributed by atoms with E-state index in [-0.39, 0.29) is 24.2 Å². The van der Waals surface area contributed by atoms with Gasteiger partial charge in [0.15, 0.2) is 0 Å². The van der Waals surface area contributed by atoms with Crippen LogP contribution in [0.1, 0.15) is 36.3 Å². The Hall–Kier alpha value is -2.13. The van der Waals surface area contributed by atoms with Crippen LogP contribution in [0.5, 0.6) is 0 Å². The second-order valence-corrected chi connectivity index (χ2v) is 9.50. The van der Waals surface area contributed by atoms with Crippen LogP contribution >= 0.6 is 0 Å². The Bertz CT molecular complexity index is 939. The number of anilines is 2. The van der Waals surface area contributed by atoms with E-state index in [9.17, 15) is 13.0 Å². The molecule has 0 aromatic carbocycles. The van der Waals surface area contributed by atoms with Crippen molar-refractivity contribution in [2.24, 2.45) is 0 Å². The molecule has 6 nitrogen and oxygen atoms in total. The number of rotatable bonds is 6. The Morgan fingerprint density at radius 2 is 2.07 bits per heavy atom. The Morgan fingerprint density at radius 3 is 2.79 bits per heavy atom. The summed E-state index contributed by atoms with van der Waals surface area (Å²) in [4.78, 5) is 8.26. The summed E-state index contributed by atoms with van der Waals surface area (Å²) >= 11 is 0. The number of nitrogens with one attached hydrogen (secondary N) is 2. The smallest absolute Gasteiger partial charge is 0.145 e. The minimum Gasteiger partial charge on any atom is -0.381 e. The second kappa shape index (κ2) is 8.48. The Kier molecular flexibility index (Phi) is 6.24. The lowest BCUT2D eigenvalue weighted by Crippen LogP contribution is -2.31. The highest BCUT2D eigenvalue weighted by Gasteiger charge is 2.33. The monoisotopic (exact) mass is 410 g/mol. The highest BCUT2D eigenvalue weighted by molar-refractivity contribution is 7.90. The minimum atomic E-state index is -2.67. The van der Waals surface area contributed by atoms with Gasteiger partial charge in [0.1, 0.15) is 23.6 Å². The molecule has 1 aliphatic carbocycles. The molecule has 3 rings (SSSR count). The first-order chi connectivity index (χ1) is 13.2. The summed E-state index contributed by atoms with van der Waals surface area (Å²) in [6, 6.07) is 4.99. The van der Waals surface area contributed by atoms with Crippen molar-refractivity contribution in [3.8, 4) is 0 Å². The second-order valence-electron chi connectivity index (χ2n) is 7.21. The van der Waals surface area contributed by atoms with Gasteiger partial charge in [0.2, 0.25) is 0 Å². The van der Waals surface area contributed by atoms with E-state index in [2.05, 4.69) is 15.3 Å². The highest BCUT2D eigenvalue weighted by atomic mass is 32.2. The molecule has 0 radical (unpaired) electrons. The Labute approximate surface area is 163 Å². The zero-order valence-electron chi connectivity index (χ0n) is 15.8. The molecule has 1 saturated carbocycles. The maximum Gasteiger partial charge on any atom is 0.145 e. The first-order valence-corrected chi connectivity index (χ1v) is 11.1. The third kappa shape index (κ3) is 5.23. The first-order valence-electron chi connectivity index (χ1n) is 9.01. The molecule has 0 aliphatic heterocycles. The number of nitrogens with zero attached hydrogens (tertiary/aromatic N) is 2. The van der Waals surface area contributed by atoms with Crippen molar-refractivity contribution in [3.63, 3.8) is 0 Å². The lowest BCUT2D eigenvalue weighted by Gasteiger charge is -2.32. The highest BCUT2D eigenvalue weighted by Crippen LogP contribution is 2.37. The van der Waals surface area contributed by atoms with Crippen LogP contribution in [-0.4, -0.2) is 39.8 Å². The number of methoxy groups -OCH3 is 1. The quantitative estimate of drug-likeness (QED) is 0.747. The SMILES string of the molecule is COC1CC(F)CC[C@H]1c1cc(Nc2cc(CS(C)(=N)=O)ccn2)ncc1F. The standard InChI is InChI=1S/C19H24F2N4O2S/c1-27-17-8-13(20)3-4-14(17)15-9-19(24-10-16(15)21)25-18-7-12(5-6-23-18)11-28(2,22)26/h5-7,9-10,13-14,17,22H,3-4,8,11H2,1-2H3,(H,23,24,25)/t13?,14-,17?,28?/m0/s1. The maximum atomic E-state index is 14.4. The normalized spacial score (nSPS) is 24.5. The summed E-state index contributed by atoms with van der Waals surface area (Å²) in [6.07, 6.45) is 3.89. The predicted molar refractivity (Wildman–Crippen MR) is 104 cm³/mol. The molecule has 9 heteroatoms. The minimum absolute atomic E-state index is 0.119. The summed E-state index contributed by atoms with van der Waals surface area (Å²) < 4.78 is 52.8. The van der Waals surface area contributed by atoms with E-state index in [0.29, 0.717) is 35.6 Å². The maximum absolute atomic E-state index is 14.4. The van der Waals surface area contributed by atoms with Crippen molar-refractivity contribution in [3.05, 3.63) is 47.5 Å². The fourth-order valence-corrected chi connectivity index (χ4v) is 4.40. The average Bonchev–Trinajstić information content (AvgIpc) is 2.62. The summed E-state index contributed by atoms with van der Waals surface area (Å²) in [5.74, 6) is 0.293. The van der Waals surface area contributed by atoms with Gasteiger partial charge in [-0.2, -0.15) is 0 Å². The van der Waals surface area contributed by atoms with Crippen molar-refractivity contribution in [1.29, 1.82) is 4.78 Å². The molecule has 2 heterocycles. The van der Waals surface area contributed by atoms with E-state index < -0.39 is 21.7 Å². The zero-order valence-corrected chi connectivity index (χ0v) is 16.6. The average molecular weight is 410 g/mol. The van der Waals surface area contributed by atoms with Crippen LogP contribution in [0.4, 0.5) is 20.4 Å². The number of pyridine rings is 2. The number of hydrogen-bond donors (Lipinski definition) is 2. The van der Waals surface area contributed by atoms with Crippen LogP contribution < -0.4 is 5.32 Å². The van der Waals surface area contributed by atoms with Crippen LogP contribution in [0.3, 0.4) is 0 Å². The van der Waals surface area contributed by atoms with Gasteiger partial charge in [-0.3, -0.25) is 4.78 Å². The van der Waals surface area contributed by atoms with Gasteiger partial charge in [0.05, 0.1) is 18.1 Å². The van der Waals surface area contributed by atoms with Crippen molar-refractivity contribution in [2.75, 3.05) is 18.7 Å². The predicted octanol–water partition coefficient (Wildman–Crippen LogP) is 4.16. The van der Waals surface area contributed by atoms with Crippen LogP contribution in [0.15, 0.2) is 30.6 Å². The summed E-state index contributed by atoms with van der Waals surface area (Å²) in [7, 11) is -1.16. The number of ether oxygens (including phenoxy) is 1. The van der Waals surface area contributed by atoms with Crippen molar-refractivity contribution >= 4 is 21.4 Å². The molecule has 0 saturated heterocycles. The molecule has 1 fully saturated rings. The van der Waals surface area contributed by atoms with Gasteiger partial charge in [0.25, 0.3) is 0 Å². The Morgan fingerprint density at radius 1 is 1.32 bits per heavy atom. The van der Waals surface area contributed by atoms with E-state index in [0.717, 1.165) is 6.20 Å². The van der Waals surface area contributed by atoms with Crippen LogP contribution in [-0.2, 0) is 20.2 Å². The molecule has 0 spiro atoms. The molecule has 0 amide bonds. The number of alkyl halides is 1. The van der Waals surface area contributed by atoms with Gasteiger partial charge < -0.3 is 10.1 Å². The van der Waals surface area contributed by atoms with E-state index in [1.807, 2.05) is 0 Å². The van der Waals surface area contributed by atoms with E-state index in [1.165, 1.54) is 13.4 Å². The number of hydrogen-bond acceptors (Lipinski definition) is 6. The topological polar surface area (TPSA) is 88.0 Å². The van der Waals surface area contributed by atoms with Gasteiger partial charge in [-0.25, -0.2) is 23.0 Å². The van der Waals surface area contributed by atoms with Crippen molar-refractivity contribution < 1.29 is 17.7 Å². The molecule has 4 atom stereocenters. The van der Waals surface area contributed by atoms with Gasteiger partial charge in [0, 0.05) is 41.6 Å². The summed E-state index contributed by atoms with van der Waals surface area (Å²) in [5, 5.41) is 3.02. The molecule has 2 aromatic rings. The Balaban J connectivity index is 1.83. The molecule has 2 aromatic heterocycles. The third-order valence-electron chi connectivity index (χ3n) is 4.84.